The fraction of sp³-hybridized carbons (Fsp3) is 0.0625. The Morgan fingerprint density at radius 2 is 1.72 bits per heavy atom. The Labute approximate surface area is 163 Å². The van der Waals surface area contributed by atoms with Crippen LogP contribution < -0.4 is 4.80 Å². The van der Waals surface area contributed by atoms with Crippen molar-refractivity contribution in [3.8, 4) is 12.3 Å². The number of benzene rings is 2. The summed E-state index contributed by atoms with van der Waals surface area (Å²) < 4.78 is 31.3. The summed E-state index contributed by atoms with van der Waals surface area (Å²) in [6, 6.07) is 9.01. The number of sulfonamides is 1. The van der Waals surface area contributed by atoms with Crippen LogP contribution in [0.1, 0.15) is 0 Å². The monoisotopic (exact) mass is 430 g/mol. The zero-order valence-electron chi connectivity index (χ0n) is 12.4. The number of terminal acetylenes is 1. The van der Waals surface area contributed by atoms with Gasteiger partial charge in [-0.1, -0.05) is 52.1 Å². The van der Waals surface area contributed by atoms with Crippen molar-refractivity contribution in [1.82, 2.24) is 4.57 Å². The molecule has 0 aliphatic rings. The predicted molar refractivity (Wildman–Crippen MR) is 103 cm³/mol. The van der Waals surface area contributed by atoms with Gasteiger partial charge in [-0.15, -0.1) is 10.8 Å². The van der Waals surface area contributed by atoms with Crippen molar-refractivity contribution in [2.75, 3.05) is 0 Å². The molecule has 0 amide bonds. The molecule has 0 saturated heterocycles. The minimum absolute atomic E-state index is 0.0267. The minimum atomic E-state index is -3.94. The highest BCUT2D eigenvalue weighted by molar-refractivity contribution is 7.90. The summed E-state index contributed by atoms with van der Waals surface area (Å²) in [7, 11) is -3.94. The number of hydrogen-bond donors (Lipinski definition) is 0. The maximum atomic E-state index is 12.6. The largest absolute Gasteiger partial charge is 0.303 e. The van der Waals surface area contributed by atoms with E-state index in [1.807, 2.05) is 0 Å². The van der Waals surface area contributed by atoms with Crippen LogP contribution in [0.15, 0.2) is 45.7 Å². The molecule has 0 N–H and O–H groups in total. The molecule has 1 aromatic heterocycles. The maximum Gasteiger partial charge on any atom is 0.285 e. The summed E-state index contributed by atoms with van der Waals surface area (Å²) in [5.74, 6) is 2.48. The zero-order chi connectivity index (χ0) is 18.2. The van der Waals surface area contributed by atoms with Crippen molar-refractivity contribution < 1.29 is 8.42 Å². The quantitative estimate of drug-likeness (QED) is 0.570. The third-order valence-electron chi connectivity index (χ3n) is 3.29. The first-order valence-electron chi connectivity index (χ1n) is 6.81. The molecular formula is C16H9Cl3N2O2S2. The van der Waals surface area contributed by atoms with Gasteiger partial charge >= 0.3 is 0 Å². The van der Waals surface area contributed by atoms with Gasteiger partial charge < -0.3 is 4.57 Å². The van der Waals surface area contributed by atoms with Crippen molar-refractivity contribution in [2.24, 2.45) is 4.40 Å². The van der Waals surface area contributed by atoms with E-state index in [4.69, 9.17) is 41.2 Å². The van der Waals surface area contributed by atoms with Gasteiger partial charge in [0.2, 0.25) is 4.80 Å². The molecule has 2 aromatic carbocycles. The molecule has 9 heteroatoms. The van der Waals surface area contributed by atoms with Crippen molar-refractivity contribution in [1.29, 1.82) is 0 Å². The third-order valence-corrected chi connectivity index (χ3v) is 6.78. The number of fused-ring (bicyclic) bond motifs is 1. The number of halogens is 3. The SMILES string of the molecule is C#CCn1/c(=N/S(=O)(=O)c2ccc(Cl)cc2)sc2c(Cl)ccc(Cl)c21. The van der Waals surface area contributed by atoms with Crippen molar-refractivity contribution in [2.45, 2.75) is 11.4 Å². The Morgan fingerprint density at radius 3 is 2.36 bits per heavy atom. The van der Waals surface area contributed by atoms with Crippen LogP contribution in [0.4, 0.5) is 0 Å². The molecule has 0 unspecified atom stereocenters. The summed E-state index contributed by atoms with van der Waals surface area (Å²) in [6.07, 6.45) is 5.41. The summed E-state index contributed by atoms with van der Waals surface area (Å²) >= 11 is 19.3. The Morgan fingerprint density at radius 1 is 1.08 bits per heavy atom. The Balaban J connectivity index is 2.31. The van der Waals surface area contributed by atoms with Gasteiger partial charge in [-0.05, 0) is 36.4 Å². The number of nitrogens with zero attached hydrogens (tertiary/aromatic N) is 2. The highest BCUT2D eigenvalue weighted by Gasteiger charge is 2.17. The minimum Gasteiger partial charge on any atom is -0.303 e. The van der Waals surface area contributed by atoms with Crippen molar-refractivity contribution in [3.05, 3.63) is 56.3 Å². The van der Waals surface area contributed by atoms with E-state index >= 15 is 0 Å². The van der Waals surface area contributed by atoms with Gasteiger partial charge in [0.05, 0.1) is 31.7 Å². The molecule has 128 valence electrons. The molecule has 0 aliphatic heterocycles. The highest BCUT2D eigenvalue weighted by Crippen LogP contribution is 2.32. The van der Waals surface area contributed by atoms with Gasteiger partial charge in [-0.25, -0.2) is 0 Å². The molecule has 1 heterocycles. The maximum absolute atomic E-state index is 12.6. The van der Waals surface area contributed by atoms with E-state index in [2.05, 4.69) is 10.3 Å². The average Bonchev–Trinajstić information content (AvgIpc) is 2.91. The lowest BCUT2D eigenvalue weighted by atomic mass is 10.3. The predicted octanol–water partition coefficient (Wildman–Crippen LogP) is 4.59. The average molecular weight is 432 g/mol. The second kappa shape index (κ2) is 7.02. The van der Waals surface area contributed by atoms with Crippen LogP contribution in [-0.2, 0) is 16.6 Å². The van der Waals surface area contributed by atoms with Crippen molar-refractivity contribution in [3.63, 3.8) is 0 Å². The first-order valence-corrected chi connectivity index (χ1v) is 10.2. The molecule has 0 saturated carbocycles. The van der Waals surface area contributed by atoms with Crippen LogP contribution >= 0.6 is 46.1 Å². The van der Waals surface area contributed by atoms with E-state index in [0.717, 1.165) is 11.3 Å². The Kier molecular flexibility index (Phi) is 5.14. The summed E-state index contributed by atoms with van der Waals surface area (Å²) in [5, 5.41) is 1.29. The number of rotatable bonds is 3. The highest BCUT2D eigenvalue weighted by atomic mass is 35.5. The molecule has 0 aliphatic carbocycles. The van der Waals surface area contributed by atoms with E-state index < -0.39 is 10.0 Å². The number of hydrogen-bond acceptors (Lipinski definition) is 3. The first-order chi connectivity index (χ1) is 11.8. The molecule has 3 rings (SSSR count). The lowest BCUT2D eigenvalue weighted by Crippen LogP contribution is -2.16. The van der Waals surface area contributed by atoms with E-state index in [1.54, 1.807) is 16.7 Å². The summed E-state index contributed by atoms with van der Waals surface area (Å²) in [6.45, 7) is 0.106. The lowest BCUT2D eigenvalue weighted by molar-refractivity contribution is 0.596. The summed E-state index contributed by atoms with van der Waals surface area (Å²) in [4.78, 5) is 0.219. The van der Waals surface area contributed by atoms with Gasteiger partial charge in [-0.2, -0.15) is 8.42 Å². The topological polar surface area (TPSA) is 51.4 Å². The molecule has 0 bridgehead atoms. The van der Waals surface area contributed by atoms with Gasteiger partial charge in [0.15, 0.2) is 0 Å². The normalized spacial score (nSPS) is 12.5. The zero-order valence-corrected chi connectivity index (χ0v) is 16.3. The number of aromatic nitrogens is 1. The van der Waals surface area contributed by atoms with Crippen molar-refractivity contribution >= 4 is 66.4 Å². The molecule has 0 radical (unpaired) electrons. The fourth-order valence-corrected chi connectivity index (χ4v) is 5.15. The molecule has 0 fully saturated rings. The Bertz CT molecular complexity index is 1170. The van der Waals surface area contributed by atoms with Crippen LogP contribution in [0.2, 0.25) is 15.1 Å². The second-order valence-electron chi connectivity index (χ2n) is 4.90. The van der Waals surface area contributed by atoms with E-state index in [0.29, 0.717) is 25.3 Å². The molecule has 4 nitrogen and oxygen atoms in total. The van der Waals surface area contributed by atoms with E-state index in [9.17, 15) is 8.42 Å². The van der Waals surface area contributed by atoms with Crippen LogP contribution in [0.25, 0.3) is 10.2 Å². The third kappa shape index (κ3) is 3.57. The van der Waals surface area contributed by atoms with Gasteiger partial charge in [0.25, 0.3) is 10.0 Å². The number of thiazole rings is 1. The smallest absolute Gasteiger partial charge is 0.285 e. The molecular weight excluding hydrogens is 423 g/mol. The van der Waals surface area contributed by atoms with Gasteiger partial charge in [0, 0.05) is 5.02 Å². The van der Waals surface area contributed by atoms with E-state index in [1.165, 1.54) is 24.3 Å². The summed E-state index contributed by atoms with van der Waals surface area (Å²) in [5.41, 5.74) is 0.558. The van der Waals surface area contributed by atoms with Crippen LogP contribution in [0, 0.1) is 12.3 Å². The van der Waals surface area contributed by atoms with Crippen LogP contribution in [0.5, 0.6) is 0 Å². The molecule has 0 spiro atoms. The second-order valence-corrected chi connectivity index (χ2v) is 8.73. The lowest BCUT2D eigenvalue weighted by Gasteiger charge is -2.03. The van der Waals surface area contributed by atoms with Crippen LogP contribution in [0.3, 0.4) is 0 Å². The van der Waals surface area contributed by atoms with Gasteiger partial charge in [-0.3, -0.25) is 0 Å². The standard InChI is InChI=1S/C16H9Cl3N2O2S2/c1-2-9-21-14-12(18)7-8-13(19)15(14)24-16(21)20-25(22,23)11-5-3-10(17)4-6-11/h1,3-8H,9H2/b20-16-. The van der Waals surface area contributed by atoms with Gasteiger partial charge in [0.1, 0.15) is 0 Å². The molecule has 3 aromatic rings. The Hall–Kier alpha value is -1.49. The first kappa shape index (κ1) is 18.3. The molecule has 0 atom stereocenters. The fourth-order valence-electron chi connectivity index (χ4n) is 2.18. The molecule has 25 heavy (non-hydrogen) atoms. The van der Waals surface area contributed by atoms with Crippen LogP contribution in [-0.4, -0.2) is 13.0 Å². The van der Waals surface area contributed by atoms with E-state index in [-0.39, 0.29) is 16.2 Å².